The van der Waals surface area contributed by atoms with Crippen LogP contribution in [-0.4, -0.2) is 74.9 Å². The number of nitrogens with one attached hydrogen (secondary N) is 1. The van der Waals surface area contributed by atoms with Crippen LogP contribution in [0.4, 0.5) is 0 Å². The van der Waals surface area contributed by atoms with Gasteiger partial charge in [0, 0.05) is 38.3 Å². The maximum atomic E-state index is 5.74. The lowest BCUT2D eigenvalue weighted by Gasteiger charge is -2.36. The lowest BCUT2D eigenvalue weighted by atomic mass is 10.1. The molecule has 2 heterocycles. The number of hydrogen-bond acceptors (Lipinski definition) is 4. The molecule has 0 radical (unpaired) electrons. The Morgan fingerprint density at radius 2 is 2.19 bits per heavy atom. The summed E-state index contributed by atoms with van der Waals surface area (Å²) in [6, 6.07) is 1.47. The lowest BCUT2D eigenvalue weighted by Crippen LogP contribution is -2.50. The molecule has 4 nitrogen and oxygen atoms in total. The Kier molecular flexibility index (Phi) is 4.19. The van der Waals surface area contributed by atoms with Gasteiger partial charge in [-0.25, -0.2) is 0 Å². The molecule has 4 heteroatoms. The van der Waals surface area contributed by atoms with Crippen LogP contribution in [0.15, 0.2) is 0 Å². The summed E-state index contributed by atoms with van der Waals surface area (Å²) in [7, 11) is 4.23. The van der Waals surface area contributed by atoms with Crippen molar-refractivity contribution in [1.29, 1.82) is 0 Å². The molecule has 94 valence electrons. The van der Waals surface area contributed by atoms with Gasteiger partial charge in [-0.05, 0) is 27.4 Å². The van der Waals surface area contributed by atoms with Crippen LogP contribution in [0.1, 0.15) is 13.3 Å². The highest BCUT2D eigenvalue weighted by Crippen LogP contribution is 2.21. The fourth-order valence-corrected chi connectivity index (χ4v) is 2.85. The van der Waals surface area contributed by atoms with Crippen molar-refractivity contribution in [2.24, 2.45) is 0 Å². The van der Waals surface area contributed by atoms with E-state index in [1.54, 1.807) is 0 Å². The van der Waals surface area contributed by atoms with Crippen molar-refractivity contribution in [3.8, 4) is 0 Å². The predicted molar refractivity (Wildman–Crippen MR) is 65.7 cm³/mol. The molecular weight excluding hydrogens is 202 g/mol. The number of hydrogen-bond donors (Lipinski definition) is 1. The Labute approximate surface area is 98.9 Å². The van der Waals surface area contributed by atoms with Crippen molar-refractivity contribution in [1.82, 2.24) is 15.1 Å². The SMILES string of the molecule is CNCC1CN(C2CC(C)N(C)C2)CCO1. The molecule has 3 unspecified atom stereocenters. The van der Waals surface area contributed by atoms with E-state index in [-0.39, 0.29) is 0 Å². The highest BCUT2D eigenvalue weighted by molar-refractivity contribution is 4.89. The number of likely N-dealkylation sites (N-methyl/N-ethyl adjacent to an activating group) is 2. The van der Waals surface area contributed by atoms with Gasteiger partial charge in [0.05, 0.1) is 12.7 Å². The van der Waals surface area contributed by atoms with Gasteiger partial charge < -0.3 is 15.0 Å². The highest BCUT2D eigenvalue weighted by Gasteiger charge is 2.33. The topological polar surface area (TPSA) is 27.7 Å². The molecule has 1 N–H and O–H groups in total. The monoisotopic (exact) mass is 227 g/mol. The van der Waals surface area contributed by atoms with Crippen molar-refractivity contribution in [3.05, 3.63) is 0 Å². The summed E-state index contributed by atoms with van der Waals surface area (Å²) < 4.78 is 5.74. The maximum Gasteiger partial charge on any atom is 0.0826 e. The third-order valence-electron chi connectivity index (χ3n) is 3.98. The fraction of sp³-hybridized carbons (Fsp3) is 1.00. The molecule has 2 fully saturated rings. The molecule has 2 rings (SSSR count). The van der Waals surface area contributed by atoms with Gasteiger partial charge in [0.25, 0.3) is 0 Å². The number of ether oxygens (including phenoxy) is 1. The van der Waals surface area contributed by atoms with Crippen molar-refractivity contribution in [3.63, 3.8) is 0 Å². The number of likely N-dealkylation sites (tertiary alicyclic amines) is 1. The lowest BCUT2D eigenvalue weighted by molar-refractivity contribution is -0.0395. The van der Waals surface area contributed by atoms with Gasteiger partial charge in [-0.15, -0.1) is 0 Å². The van der Waals surface area contributed by atoms with Gasteiger partial charge >= 0.3 is 0 Å². The summed E-state index contributed by atoms with van der Waals surface area (Å²) in [5, 5.41) is 3.20. The van der Waals surface area contributed by atoms with Gasteiger partial charge in [-0.2, -0.15) is 0 Å². The summed E-state index contributed by atoms with van der Waals surface area (Å²) in [6.07, 6.45) is 1.68. The normalized spacial score (nSPS) is 38.1. The highest BCUT2D eigenvalue weighted by atomic mass is 16.5. The second kappa shape index (κ2) is 5.45. The first-order valence-corrected chi connectivity index (χ1v) is 6.41. The van der Waals surface area contributed by atoms with Gasteiger partial charge in [0.15, 0.2) is 0 Å². The van der Waals surface area contributed by atoms with Crippen molar-refractivity contribution < 1.29 is 4.74 Å². The largest absolute Gasteiger partial charge is 0.374 e. The third-order valence-corrected chi connectivity index (χ3v) is 3.98. The fourth-order valence-electron chi connectivity index (χ4n) is 2.85. The van der Waals surface area contributed by atoms with E-state index >= 15 is 0 Å². The first kappa shape index (κ1) is 12.3. The Morgan fingerprint density at radius 3 is 2.81 bits per heavy atom. The quantitative estimate of drug-likeness (QED) is 0.734. The average Bonchev–Trinajstić information content (AvgIpc) is 2.60. The van der Waals surface area contributed by atoms with Gasteiger partial charge in [0.1, 0.15) is 0 Å². The van der Waals surface area contributed by atoms with Crippen LogP contribution >= 0.6 is 0 Å². The standard InChI is InChI=1S/C12H25N3O/c1-10-6-11(8-14(10)3)15-4-5-16-12(9-15)7-13-2/h10-13H,4-9H2,1-3H3. The maximum absolute atomic E-state index is 5.74. The van der Waals surface area contributed by atoms with E-state index in [0.29, 0.717) is 6.10 Å². The molecule has 0 aromatic heterocycles. The molecule has 16 heavy (non-hydrogen) atoms. The van der Waals surface area contributed by atoms with Crippen LogP contribution in [-0.2, 0) is 4.74 Å². The Morgan fingerprint density at radius 1 is 1.38 bits per heavy atom. The predicted octanol–water partition coefficient (Wildman–Crippen LogP) is -0.000800. The Hall–Kier alpha value is -0.160. The molecule has 0 aromatic carbocycles. The van der Waals surface area contributed by atoms with Gasteiger partial charge in [-0.1, -0.05) is 0 Å². The van der Waals surface area contributed by atoms with Crippen LogP contribution in [0.3, 0.4) is 0 Å². The molecule has 0 saturated carbocycles. The molecule has 0 aromatic rings. The van der Waals surface area contributed by atoms with E-state index in [1.807, 2.05) is 7.05 Å². The number of nitrogens with zero attached hydrogens (tertiary/aromatic N) is 2. The minimum Gasteiger partial charge on any atom is -0.374 e. The van der Waals surface area contributed by atoms with Crippen LogP contribution in [0.5, 0.6) is 0 Å². The Bertz CT molecular complexity index is 212. The number of morpholine rings is 1. The molecule has 0 aliphatic carbocycles. The molecule has 2 saturated heterocycles. The van der Waals surface area contributed by atoms with E-state index in [1.165, 1.54) is 13.0 Å². The molecule has 0 amide bonds. The first-order chi connectivity index (χ1) is 7.70. The van der Waals surface area contributed by atoms with Crippen LogP contribution in [0.2, 0.25) is 0 Å². The zero-order valence-corrected chi connectivity index (χ0v) is 10.8. The number of rotatable bonds is 3. The zero-order valence-electron chi connectivity index (χ0n) is 10.8. The second-order valence-electron chi connectivity index (χ2n) is 5.22. The van der Waals surface area contributed by atoms with E-state index < -0.39 is 0 Å². The minimum atomic E-state index is 0.375. The average molecular weight is 227 g/mol. The molecule has 2 aliphatic rings. The van der Waals surface area contributed by atoms with Gasteiger partial charge in [-0.3, -0.25) is 4.90 Å². The molecule has 2 aliphatic heterocycles. The summed E-state index contributed by atoms with van der Waals surface area (Å²) in [4.78, 5) is 5.08. The summed E-state index contributed by atoms with van der Waals surface area (Å²) in [5.74, 6) is 0. The van der Waals surface area contributed by atoms with E-state index in [9.17, 15) is 0 Å². The third kappa shape index (κ3) is 2.74. The van der Waals surface area contributed by atoms with Crippen LogP contribution in [0, 0.1) is 0 Å². The first-order valence-electron chi connectivity index (χ1n) is 6.41. The van der Waals surface area contributed by atoms with E-state index in [2.05, 4.69) is 29.1 Å². The van der Waals surface area contributed by atoms with Crippen LogP contribution < -0.4 is 5.32 Å². The minimum absolute atomic E-state index is 0.375. The molecular formula is C12H25N3O. The van der Waals surface area contributed by atoms with E-state index in [4.69, 9.17) is 4.74 Å². The summed E-state index contributed by atoms with van der Waals surface area (Å²) in [6.45, 7) is 7.59. The van der Waals surface area contributed by atoms with Crippen molar-refractivity contribution in [2.45, 2.75) is 31.5 Å². The van der Waals surface area contributed by atoms with Crippen molar-refractivity contribution >= 4 is 0 Å². The van der Waals surface area contributed by atoms with E-state index in [0.717, 1.165) is 38.3 Å². The van der Waals surface area contributed by atoms with Gasteiger partial charge in [0.2, 0.25) is 0 Å². The second-order valence-corrected chi connectivity index (χ2v) is 5.22. The Balaban J connectivity index is 1.85. The molecule has 3 atom stereocenters. The summed E-state index contributed by atoms with van der Waals surface area (Å²) >= 11 is 0. The smallest absolute Gasteiger partial charge is 0.0826 e. The van der Waals surface area contributed by atoms with Crippen LogP contribution in [0.25, 0.3) is 0 Å². The summed E-state index contributed by atoms with van der Waals surface area (Å²) in [5.41, 5.74) is 0. The van der Waals surface area contributed by atoms with Crippen molar-refractivity contribution in [2.75, 3.05) is 46.9 Å². The molecule has 0 spiro atoms. The molecule has 0 bridgehead atoms. The zero-order chi connectivity index (χ0) is 11.5.